The standard InChI is InChI=1S/C19H21FN2O2/c1-24-19(23)18-11-10-17(22-18)13-6-8-15(9-7-13)21-12-14-4-2-3-5-16(14)20/h2-9,17-18,21-22H,10-12H2,1H3/t17-,18+/m1/s1. The molecule has 4 nitrogen and oxygen atoms in total. The summed E-state index contributed by atoms with van der Waals surface area (Å²) < 4.78 is 18.4. The molecule has 0 radical (unpaired) electrons. The number of carbonyl (C=O) groups is 1. The molecule has 126 valence electrons. The summed E-state index contributed by atoms with van der Waals surface area (Å²) in [5, 5.41) is 6.52. The molecule has 0 amide bonds. The van der Waals surface area contributed by atoms with Crippen LogP contribution in [-0.4, -0.2) is 19.1 Å². The highest BCUT2D eigenvalue weighted by Gasteiger charge is 2.30. The Kier molecular flexibility index (Phi) is 5.11. The number of halogens is 1. The lowest BCUT2D eigenvalue weighted by Crippen LogP contribution is -2.33. The highest BCUT2D eigenvalue weighted by molar-refractivity contribution is 5.76. The van der Waals surface area contributed by atoms with Gasteiger partial charge in [0, 0.05) is 23.8 Å². The van der Waals surface area contributed by atoms with E-state index in [0.29, 0.717) is 12.1 Å². The minimum Gasteiger partial charge on any atom is -0.468 e. The lowest BCUT2D eigenvalue weighted by atomic mass is 10.0. The Morgan fingerprint density at radius 3 is 2.67 bits per heavy atom. The molecular weight excluding hydrogens is 307 g/mol. The van der Waals surface area contributed by atoms with Gasteiger partial charge in [-0.25, -0.2) is 4.39 Å². The summed E-state index contributed by atoms with van der Waals surface area (Å²) in [4.78, 5) is 11.6. The van der Waals surface area contributed by atoms with Crippen molar-refractivity contribution in [1.29, 1.82) is 0 Å². The predicted octanol–water partition coefficient (Wildman–Crippen LogP) is 3.40. The molecule has 0 saturated carbocycles. The Morgan fingerprint density at radius 2 is 1.96 bits per heavy atom. The molecule has 2 aromatic carbocycles. The number of carbonyl (C=O) groups excluding carboxylic acids is 1. The van der Waals surface area contributed by atoms with Gasteiger partial charge in [-0.15, -0.1) is 0 Å². The zero-order chi connectivity index (χ0) is 16.9. The topological polar surface area (TPSA) is 50.4 Å². The van der Waals surface area contributed by atoms with E-state index < -0.39 is 0 Å². The molecule has 0 bridgehead atoms. The smallest absolute Gasteiger partial charge is 0.322 e. The fourth-order valence-electron chi connectivity index (χ4n) is 3.01. The van der Waals surface area contributed by atoms with E-state index in [2.05, 4.69) is 10.6 Å². The van der Waals surface area contributed by atoms with Crippen molar-refractivity contribution >= 4 is 11.7 Å². The normalized spacial score (nSPS) is 19.9. The maximum atomic E-state index is 13.6. The molecule has 3 rings (SSSR count). The van der Waals surface area contributed by atoms with Gasteiger partial charge in [-0.05, 0) is 36.6 Å². The minimum atomic E-state index is -0.223. The lowest BCUT2D eigenvalue weighted by Gasteiger charge is -2.14. The van der Waals surface area contributed by atoms with Crippen LogP contribution in [0.4, 0.5) is 10.1 Å². The fraction of sp³-hybridized carbons (Fsp3) is 0.316. The summed E-state index contributed by atoms with van der Waals surface area (Å²) >= 11 is 0. The molecular formula is C19H21FN2O2. The second-order valence-electron chi connectivity index (χ2n) is 5.94. The van der Waals surface area contributed by atoms with E-state index in [1.807, 2.05) is 30.3 Å². The van der Waals surface area contributed by atoms with Crippen LogP contribution in [0.2, 0.25) is 0 Å². The monoisotopic (exact) mass is 328 g/mol. The Hall–Kier alpha value is -2.40. The number of esters is 1. The number of hydrogen-bond donors (Lipinski definition) is 2. The van der Waals surface area contributed by atoms with E-state index in [4.69, 9.17) is 4.74 Å². The molecule has 1 aliphatic rings. The van der Waals surface area contributed by atoms with Crippen molar-refractivity contribution in [2.45, 2.75) is 31.5 Å². The van der Waals surface area contributed by atoms with Gasteiger partial charge >= 0.3 is 5.97 Å². The van der Waals surface area contributed by atoms with Crippen molar-refractivity contribution in [2.75, 3.05) is 12.4 Å². The molecule has 0 unspecified atom stereocenters. The van der Waals surface area contributed by atoms with E-state index in [1.54, 1.807) is 12.1 Å². The molecule has 24 heavy (non-hydrogen) atoms. The van der Waals surface area contributed by atoms with Gasteiger partial charge in [0.25, 0.3) is 0 Å². The first kappa shape index (κ1) is 16.5. The van der Waals surface area contributed by atoms with Crippen molar-refractivity contribution in [2.24, 2.45) is 0 Å². The van der Waals surface area contributed by atoms with Crippen molar-refractivity contribution < 1.29 is 13.9 Å². The van der Waals surface area contributed by atoms with Gasteiger partial charge in [-0.1, -0.05) is 30.3 Å². The third kappa shape index (κ3) is 3.74. The van der Waals surface area contributed by atoms with Crippen LogP contribution in [0.25, 0.3) is 0 Å². The van der Waals surface area contributed by atoms with Crippen molar-refractivity contribution in [1.82, 2.24) is 5.32 Å². The van der Waals surface area contributed by atoms with Crippen LogP contribution in [0.5, 0.6) is 0 Å². The Labute approximate surface area is 141 Å². The zero-order valence-electron chi connectivity index (χ0n) is 13.6. The van der Waals surface area contributed by atoms with Crippen molar-refractivity contribution in [3.05, 3.63) is 65.5 Å². The number of hydrogen-bond acceptors (Lipinski definition) is 4. The predicted molar refractivity (Wildman–Crippen MR) is 91.1 cm³/mol. The van der Waals surface area contributed by atoms with Crippen LogP contribution in [0, 0.1) is 5.82 Å². The number of rotatable bonds is 5. The number of benzene rings is 2. The number of nitrogens with one attached hydrogen (secondary N) is 2. The van der Waals surface area contributed by atoms with Crippen molar-refractivity contribution in [3.63, 3.8) is 0 Å². The summed E-state index contributed by atoms with van der Waals surface area (Å²) in [6.07, 6.45) is 1.69. The summed E-state index contributed by atoms with van der Waals surface area (Å²) in [6.45, 7) is 0.443. The Morgan fingerprint density at radius 1 is 1.21 bits per heavy atom. The molecule has 2 aromatic rings. The zero-order valence-corrected chi connectivity index (χ0v) is 13.6. The van der Waals surface area contributed by atoms with Gasteiger partial charge < -0.3 is 10.1 Å². The van der Waals surface area contributed by atoms with Crippen LogP contribution in [0.1, 0.15) is 30.0 Å². The van der Waals surface area contributed by atoms with Crippen molar-refractivity contribution in [3.8, 4) is 0 Å². The first-order valence-corrected chi connectivity index (χ1v) is 8.08. The molecule has 0 spiro atoms. The van der Waals surface area contributed by atoms with E-state index in [0.717, 1.165) is 24.1 Å². The fourth-order valence-corrected chi connectivity index (χ4v) is 3.01. The van der Waals surface area contributed by atoms with Crippen LogP contribution in [-0.2, 0) is 16.1 Å². The molecule has 0 aromatic heterocycles. The molecule has 1 fully saturated rings. The second kappa shape index (κ2) is 7.45. The van der Waals surface area contributed by atoms with Gasteiger partial charge in [0.2, 0.25) is 0 Å². The highest BCUT2D eigenvalue weighted by atomic mass is 19.1. The summed E-state index contributed by atoms with van der Waals surface area (Å²) in [5.41, 5.74) is 2.71. The number of anilines is 1. The van der Waals surface area contributed by atoms with E-state index in [1.165, 1.54) is 13.2 Å². The molecule has 2 N–H and O–H groups in total. The number of methoxy groups -OCH3 is 1. The quantitative estimate of drug-likeness (QED) is 0.826. The maximum absolute atomic E-state index is 13.6. The van der Waals surface area contributed by atoms with Gasteiger partial charge in [0.1, 0.15) is 11.9 Å². The van der Waals surface area contributed by atoms with Gasteiger partial charge in [0.15, 0.2) is 0 Å². The second-order valence-corrected chi connectivity index (χ2v) is 5.94. The molecule has 1 heterocycles. The van der Waals surface area contributed by atoms with E-state index in [9.17, 15) is 9.18 Å². The Balaban J connectivity index is 1.58. The maximum Gasteiger partial charge on any atom is 0.322 e. The summed E-state index contributed by atoms with van der Waals surface area (Å²) in [6, 6.07) is 14.7. The lowest BCUT2D eigenvalue weighted by molar-refractivity contribution is -0.142. The van der Waals surface area contributed by atoms with Crippen LogP contribution < -0.4 is 10.6 Å². The number of ether oxygens (including phenoxy) is 1. The molecule has 1 aliphatic heterocycles. The van der Waals surface area contributed by atoms with Crippen LogP contribution in [0.15, 0.2) is 48.5 Å². The molecule has 0 aliphatic carbocycles. The van der Waals surface area contributed by atoms with Gasteiger partial charge in [0.05, 0.1) is 7.11 Å². The van der Waals surface area contributed by atoms with E-state index >= 15 is 0 Å². The third-order valence-corrected chi connectivity index (χ3v) is 4.39. The average molecular weight is 328 g/mol. The van der Waals surface area contributed by atoms with Crippen LogP contribution >= 0.6 is 0 Å². The largest absolute Gasteiger partial charge is 0.468 e. The SMILES string of the molecule is COC(=O)[C@@H]1CC[C@H](c2ccc(NCc3ccccc3F)cc2)N1. The molecule has 1 saturated heterocycles. The molecule has 2 atom stereocenters. The summed E-state index contributed by atoms with van der Waals surface area (Å²) in [5.74, 6) is -0.411. The van der Waals surface area contributed by atoms with E-state index in [-0.39, 0.29) is 23.9 Å². The van der Waals surface area contributed by atoms with Crippen LogP contribution in [0.3, 0.4) is 0 Å². The Bertz CT molecular complexity index is 703. The average Bonchev–Trinajstić information content (AvgIpc) is 3.11. The van der Waals surface area contributed by atoms with Gasteiger partial charge in [-0.2, -0.15) is 0 Å². The van der Waals surface area contributed by atoms with Gasteiger partial charge in [-0.3, -0.25) is 10.1 Å². The third-order valence-electron chi connectivity index (χ3n) is 4.39. The molecule has 5 heteroatoms. The minimum absolute atomic E-state index is 0.162. The highest BCUT2D eigenvalue weighted by Crippen LogP contribution is 2.28. The first-order valence-electron chi connectivity index (χ1n) is 8.08. The first-order chi connectivity index (χ1) is 11.7. The summed E-state index contributed by atoms with van der Waals surface area (Å²) in [7, 11) is 1.41.